The molecule has 0 saturated carbocycles. The smallest absolute Gasteiger partial charge is 0.254 e. The average Bonchev–Trinajstić information content (AvgIpc) is 3.11. The maximum absolute atomic E-state index is 13.7. The molecule has 1 atom stereocenters. The van der Waals surface area contributed by atoms with Crippen molar-refractivity contribution >= 4 is 23.4 Å². The largest absolute Gasteiger partial charge is 0.343 e. The Bertz CT molecular complexity index is 988. The summed E-state index contributed by atoms with van der Waals surface area (Å²) >= 11 is 5.95. The van der Waals surface area contributed by atoms with Gasteiger partial charge in [0, 0.05) is 24.5 Å². The molecular weight excluding hydrogens is 383 g/mol. The van der Waals surface area contributed by atoms with Crippen LogP contribution >= 0.6 is 11.6 Å². The van der Waals surface area contributed by atoms with Crippen LogP contribution in [0.1, 0.15) is 27.8 Å². The van der Waals surface area contributed by atoms with Gasteiger partial charge in [0.05, 0.1) is 12.1 Å². The van der Waals surface area contributed by atoms with Crippen LogP contribution in [0.3, 0.4) is 0 Å². The summed E-state index contributed by atoms with van der Waals surface area (Å²) in [6, 6.07) is 12.1. The fourth-order valence-corrected chi connectivity index (χ4v) is 2.85. The molecule has 0 aliphatic carbocycles. The van der Waals surface area contributed by atoms with E-state index in [1.807, 2.05) is 7.05 Å². The summed E-state index contributed by atoms with van der Waals surface area (Å²) in [7, 11) is 1.82. The van der Waals surface area contributed by atoms with E-state index in [1.165, 1.54) is 18.2 Å². The van der Waals surface area contributed by atoms with Crippen LogP contribution in [-0.4, -0.2) is 27.9 Å². The number of hydrogen-bond donors (Lipinski definition) is 2. The zero-order chi connectivity index (χ0) is 20.1. The first-order chi connectivity index (χ1) is 13.5. The Hall–Kier alpha value is -3.19. The Kier molecular flexibility index (Phi) is 6.06. The van der Waals surface area contributed by atoms with Crippen LogP contribution in [0.15, 0.2) is 60.9 Å². The molecule has 0 fully saturated rings. The lowest BCUT2D eigenvalue weighted by atomic mass is 10.1. The third-order valence-corrected chi connectivity index (χ3v) is 4.41. The van der Waals surface area contributed by atoms with Crippen LogP contribution in [0, 0.1) is 5.82 Å². The number of carbonyl (C=O) groups excluding carboxylic acids is 2. The van der Waals surface area contributed by atoms with Crippen molar-refractivity contribution in [2.75, 3.05) is 6.54 Å². The summed E-state index contributed by atoms with van der Waals surface area (Å²) in [6.07, 6.45) is 3.40. The molecule has 0 aliphatic heterocycles. The van der Waals surface area contributed by atoms with Crippen LogP contribution in [0.4, 0.5) is 4.39 Å². The summed E-state index contributed by atoms with van der Waals surface area (Å²) in [5.74, 6) is -1.12. The van der Waals surface area contributed by atoms with E-state index in [4.69, 9.17) is 11.6 Å². The number of rotatable bonds is 6. The Morgan fingerprint density at radius 1 is 1.18 bits per heavy atom. The molecule has 28 heavy (non-hydrogen) atoms. The van der Waals surface area contributed by atoms with Gasteiger partial charge in [-0.05, 0) is 29.8 Å². The molecule has 3 aromatic rings. The Morgan fingerprint density at radius 3 is 2.54 bits per heavy atom. The van der Waals surface area contributed by atoms with Crippen molar-refractivity contribution in [3.63, 3.8) is 0 Å². The van der Waals surface area contributed by atoms with E-state index in [0.29, 0.717) is 10.8 Å². The second-order valence-electron chi connectivity index (χ2n) is 6.11. The van der Waals surface area contributed by atoms with Gasteiger partial charge < -0.3 is 15.2 Å². The van der Waals surface area contributed by atoms with E-state index < -0.39 is 23.7 Å². The molecular formula is C20H18ClFN4O2. The first-order valence-electron chi connectivity index (χ1n) is 8.50. The van der Waals surface area contributed by atoms with Crippen LogP contribution in [0.2, 0.25) is 5.02 Å². The van der Waals surface area contributed by atoms with Crippen LogP contribution in [-0.2, 0) is 11.8 Å². The highest BCUT2D eigenvalue weighted by Crippen LogP contribution is 2.22. The average molecular weight is 401 g/mol. The van der Waals surface area contributed by atoms with Gasteiger partial charge in [-0.1, -0.05) is 35.9 Å². The molecule has 1 aromatic heterocycles. The number of halogens is 2. The van der Waals surface area contributed by atoms with E-state index >= 15 is 0 Å². The number of hydrogen-bond acceptors (Lipinski definition) is 3. The number of carbonyl (C=O) groups is 2. The first-order valence-corrected chi connectivity index (χ1v) is 8.88. The quantitative estimate of drug-likeness (QED) is 0.668. The third-order valence-electron chi connectivity index (χ3n) is 4.15. The van der Waals surface area contributed by atoms with Crippen molar-refractivity contribution in [3.8, 4) is 0 Å². The van der Waals surface area contributed by atoms with Crippen molar-refractivity contribution in [1.29, 1.82) is 0 Å². The number of imidazole rings is 1. The zero-order valence-electron chi connectivity index (χ0n) is 15.0. The molecule has 0 spiro atoms. The minimum absolute atomic E-state index is 0.117. The molecule has 3 rings (SSSR count). The highest BCUT2D eigenvalue weighted by atomic mass is 35.5. The fourth-order valence-electron chi connectivity index (χ4n) is 2.72. The van der Waals surface area contributed by atoms with Crippen LogP contribution < -0.4 is 10.6 Å². The molecule has 1 heterocycles. The molecule has 2 N–H and O–H groups in total. The fraction of sp³-hybridized carbons (Fsp3) is 0.150. The van der Waals surface area contributed by atoms with Gasteiger partial charge in [-0.25, -0.2) is 9.37 Å². The molecule has 0 bridgehead atoms. The first kappa shape index (κ1) is 19.6. The Labute approximate surface area is 166 Å². The maximum Gasteiger partial charge on any atom is 0.254 e. The number of amides is 2. The molecule has 2 aromatic carbocycles. The van der Waals surface area contributed by atoms with Crippen molar-refractivity contribution in [1.82, 2.24) is 20.2 Å². The zero-order valence-corrected chi connectivity index (χ0v) is 15.8. The highest BCUT2D eigenvalue weighted by molar-refractivity contribution is 6.30. The van der Waals surface area contributed by atoms with Crippen LogP contribution in [0.25, 0.3) is 0 Å². The summed E-state index contributed by atoms with van der Waals surface area (Å²) in [4.78, 5) is 28.8. The third kappa shape index (κ3) is 4.55. The number of benzene rings is 2. The van der Waals surface area contributed by atoms with E-state index in [1.54, 1.807) is 47.3 Å². The second kappa shape index (κ2) is 8.67. The predicted octanol–water partition coefficient (Wildman–Crippen LogP) is 2.85. The van der Waals surface area contributed by atoms with Gasteiger partial charge in [-0.3, -0.25) is 9.59 Å². The summed E-state index contributed by atoms with van der Waals surface area (Å²) in [6.45, 7) is -0.304. The van der Waals surface area contributed by atoms with E-state index in [-0.39, 0.29) is 12.1 Å². The SMILES string of the molecule is Cn1ccnc1[C@@H](NC(=O)CNC(=O)c1ccccc1F)c1ccc(Cl)cc1. The lowest BCUT2D eigenvalue weighted by Gasteiger charge is -2.19. The van der Waals surface area contributed by atoms with Crippen LogP contribution in [0.5, 0.6) is 0 Å². The number of aryl methyl sites for hydroxylation is 1. The van der Waals surface area contributed by atoms with Crippen molar-refractivity contribution < 1.29 is 14.0 Å². The predicted molar refractivity (Wildman–Crippen MR) is 103 cm³/mol. The lowest BCUT2D eigenvalue weighted by Crippen LogP contribution is -2.39. The normalized spacial score (nSPS) is 11.7. The topological polar surface area (TPSA) is 76.0 Å². The van der Waals surface area contributed by atoms with Gasteiger partial charge in [-0.15, -0.1) is 0 Å². The van der Waals surface area contributed by atoms with Gasteiger partial charge in [-0.2, -0.15) is 0 Å². The molecule has 6 nitrogen and oxygen atoms in total. The van der Waals surface area contributed by atoms with Crippen molar-refractivity contribution in [3.05, 3.63) is 88.7 Å². The van der Waals surface area contributed by atoms with Crippen molar-refractivity contribution in [2.45, 2.75) is 6.04 Å². The number of aromatic nitrogens is 2. The molecule has 0 radical (unpaired) electrons. The maximum atomic E-state index is 13.7. The van der Waals surface area contributed by atoms with Gasteiger partial charge in [0.2, 0.25) is 5.91 Å². The standard InChI is InChI=1S/C20H18ClFN4O2/c1-26-11-10-23-19(26)18(13-6-8-14(21)9-7-13)25-17(27)12-24-20(28)15-4-2-3-5-16(15)22/h2-11,18H,12H2,1H3,(H,24,28)(H,25,27)/t18-/m0/s1. The Balaban J connectivity index is 1.71. The van der Waals surface area contributed by atoms with Crippen molar-refractivity contribution in [2.24, 2.45) is 7.05 Å². The van der Waals surface area contributed by atoms with Gasteiger partial charge in [0.25, 0.3) is 5.91 Å². The monoisotopic (exact) mass is 400 g/mol. The summed E-state index contributed by atoms with van der Waals surface area (Å²) in [5, 5.41) is 5.84. The minimum Gasteiger partial charge on any atom is -0.343 e. The molecule has 0 aliphatic rings. The molecule has 0 saturated heterocycles. The second-order valence-corrected chi connectivity index (χ2v) is 6.55. The lowest BCUT2D eigenvalue weighted by molar-refractivity contribution is -0.120. The minimum atomic E-state index is -0.659. The Morgan fingerprint density at radius 2 is 1.89 bits per heavy atom. The molecule has 2 amide bonds. The van der Waals surface area contributed by atoms with E-state index in [9.17, 15) is 14.0 Å². The van der Waals surface area contributed by atoms with Gasteiger partial charge in [0.15, 0.2) is 0 Å². The summed E-state index contributed by atoms with van der Waals surface area (Å²) in [5.41, 5.74) is 0.668. The van der Waals surface area contributed by atoms with E-state index in [0.717, 1.165) is 5.56 Å². The van der Waals surface area contributed by atoms with Gasteiger partial charge in [0.1, 0.15) is 17.7 Å². The highest BCUT2D eigenvalue weighted by Gasteiger charge is 2.21. The number of nitrogens with zero attached hydrogens (tertiary/aromatic N) is 2. The molecule has 8 heteroatoms. The number of nitrogens with one attached hydrogen (secondary N) is 2. The summed E-state index contributed by atoms with van der Waals surface area (Å²) < 4.78 is 15.5. The molecule has 0 unspecified atom stereocenters. The molecule has 144 valence electrons. The van der Waals surface area contributed by atoms with E-state index in [2.05, 4.69) is 15.6 Å². The van der Waals surface area contributed by atoms with Gasteiger partial charge >= 0.3 is 0 Å².